The van der Waals surface area contributed by atoms with E-state index in [9.17, 15) is 4.79 Å². The normalized spacial score (nSPS) is 17.0. The first-order chi connectivity index (χ1) is 10.6. The van der Waals surface area contributed by atoms with E-state index in [0.717, 1.165) is 22.6 Å². The SMILES string of the molecule is CC.CC1COc2ccc(-c3cnn(C)c3)cc2N(C)C1=O. The van der Waals surface area contributed by atoms with Crippen molar-refractivity contribution >= 4 is 11.6 Å². The molecular weight excluding hydrogens is 278 g/mol. The molecule has 1 atom stereocenters. The van der Waals surface area contributed by atoms with Gasteiger partial charge in [0.25, 0.3) is 0 Å². The molecule has 0 saturated heterocycles. The molecule has 5 nitrogen and oxygen atoms in total. The highest BCUT2D eigenvalue weighted by Crippen LogP contribution is 2.35. The Labute approximate surface area is 131 Å². The summed E-state index contributed by atoms with van der Waals surface area (Å²) in [6.07, 6.45) is 3.76. The lowest BCUT2D eigenvalue weighted by atomic mass is 10.1. The zero-order valence-electron chi connectivity index (χ0n) is 13.8. The van der Waals surface area contributed by atoms with Gasteiger partial charge >= 0.3 is 0 Å². The molecule has 0 N–H and O–H groups in total. The molecule has 5 heteroatoms. The van der Waals surface area contributed by atoms with Gasteiger partial charge in [0.15, 0.2) is 0 Å². The van der Waals surface area contributed by atoms with Crippen molar-refractivity contribution in [2.45, 2.75) is 20.8 Å². The van der Waals surface area contributed by atoms with E-state index in [1.807, 2.05) is 58.4 Å². The molecule has 1 aromatic heterocycles. The molecule has 1 aliphatic heterocycles. The van der Waals surface area contributed by atoms with Gasteiger partial charge in [0, 0.05) is 25.9 Å². The highest BCUT2D eigenvalue weighted by molar-refractivity contribution is 5.97. The average molecular weight is 301 g/mol. The third kappa shape index (κ3) is 2.98. The number of ether oxygens (including phenoxy) is 1. The summed E-state index contributed by atoms with van der Waals surface area (Å²) in [7, 11) is 3.67. The lowest BCUT2D eigenvalue weighted by Gasteiger charge is -2.18. The fraction of sp³-hybridized carbons (Fsp3) is 0.412. The first-order valence-corrected chi connectivity index (χ1v) is 7.59. The zero-order chi connectivity index (χ0) is 16.3. The average Bonchev–Trinajstić information content (AvgIpc) is 2.95. The number of rotatable bonds is 1. The second kappa shape index (κ2) is 6.64. The van der Waals surface area contributed by atoms with Gasteiger partial charge in [0.1, 0.15) is 5.75 Å². The van der Waals surface area contributed by atoms with Gasteiger partial charge in [-0.25, -0.2) is 0 Å². The van der Waals surface area contributed by atoms with E-state index in [2.05, 4.69) is 5.10 Å². The van der Waals surface area contributed by atoms with Gasteiger partial charge in [-0.2, -0.15) is 5.10 Å². The first-order valence-electron chi connectivity index (χ1n) is 7.59. The smallest absolute Gasteiger partial charge is 0.233 e. The van der Waals surface area contributed by atoms with Crippen LogP contribution in [0.3, 0.4) is 0 Å². The molecule has 0 fully saturated rings. The molecule has 118 valence electrons. The van der Waals surface area contributed by atoms with Crippen LogP contribution in [0.4, 0.5) is 5.69 Å². The predicted octanol–water partition coefficient (Wildman–Crippen LogP) is 3.10. The number of fused-ring (bicyclic) bond motifs is 1. The first kappa shape index (κ1) is 16.1. The van der Waals surface area contributed by atoms with Crippen LogP contribution in [0.15, 0.2) is 30.6 Å². The number of carbonyl (C=O) groups is 1. The summed E-state index contributed by atoms with van der Waals surface area (Å²) < 4.78 is 7.47. The van der Waals surface area contributed by atoms with E-state index >= 15 is 0 Å². The van der Waals surface area contributed by atoms with Crippen molar-refractivity contribution in [2.75, 3.05) is 18.6 Å². The number of benzene rings is 1. The van der Waals surface area contributed by atoms with Crippen molar-refractivity contribution in [3.63, 3.8) is 0 Å². The Morgan fingerprint density at radius 2 is 1.95 bits per heavy atom. The zero-order valence-corrected chi connectivity index (χ0v) is 13.8. The molecule has 1 unspecified atom stereocenters. The highest BCUT2D eigenvalue weighted by atomic mass is 16.5. The summed E-state index contributed by atoms with van der Waals surface area (Å²) in [5.41, 5.74) is 2.85. The van der Waals surface area contributed by atoms with Gasteiger partial charge in [0.2, 0.25) is 5.91 Å². The predicted molar refractivity (Wildman–Crippen MR) is 88.1 cm³/mol. The van der Waals surface area contributed by atoms with Gasteiger partial charge in [-0.1, -0.05) is 26.8 Å². The van der Waals surface area contributed by atoms with Crippen LogP contribution in [0, 0.1) is 5.92 Å². The third-order valence-corrected chi connectivity index (χ3v) is 3.60. The summed E-state index contributed by atoms with van der Waals surface area (Å²) in [5, 5.41) is 4.17. The Morgan fingerprint density at radius 1 is 1.23 bits per heavy atom. The molecular formula is C17H23N3O2. The lowest BCUT2D eigenvalue weighted by molar-refractivity contribution is -0.122. The topological polar surface area (TPSA) is 47.4 Å². The van der Waals surface area contributed by atoms with Gasteiger partial charge in [-0.15, -0.1) is 0 Å². The Balaban J connectivity index is 0.000000847. The van der Waals surface area contributed by atoms with Crippen molar-refractivity contribution < 1.29 is 9.53 Å². The van der Waals surface area contributed by atoms with Crippen molar-refractivity contribution in [1.29, 1.82) is 0 Å². The second-order valence-corrected chi connectivity index (χ2v) is 5.19. The second-order valence-electron chi connectivity index (χ2n) is 5.19. The third-order valence-electron chi connectivity index (χ3n) is 3.60. The standard InChI is InChI=1S/C15H17N3O2.C2H6/c1-10-9-20-14-5-4-11(12-7-16-17(2)8-12)6-13(14)18(3)15(10)19;1-2/h4-8,10H,9H2,1-3H3;1-2H3. The number of aromatic nitrogens is 2. The van der Waals surface area contributed by atoms with E-state index in [0.29, 0.717) is 6.61 Å². The molecule has 0 aliphatic carbocycles. The molecule has 3 rings (SSSR count). The van der Waals surface area contributed by atoms with Gasteiger partial charge in [-0.05, 0) is 17.7 Å². The molecule has 1 aliphatic rings. The van der Waals surface area contributed by atoms with E-state index in [1.165, 1.54) is 0 Å². The largest absolute Gasteiger partial charge is 0.491 e. The molecule has 0 radical (unpaired) electrons. The van der Waals surface area contributed by atoms with Crippen LogP contribution < -0.4 is 9.64 Å². The number of nitrogens with zero attached hydrogens (tertiary/aromatic N) is 3. The van der Waals surface area contributed by atoms with Gasteiger partial charge < -0.3 is 9.64 Å². The van der Waals surface area contributed by atoms with Crippen LogP contribution in [0.5, 0.6) is 5.75 Å². The van der Waals surface area contributed by atoms with E-state index < -0.39 is 0 Å². The van der Waals surface area contributed by atoms with Crippen molar-refractivity contribution in [2.24, 2.45) is 13.0 Å². The van der Waals surface area contributed by atoms with Crippen LogP contribution >= 0.6 is 0 Å². The summed E-state index contributed by atoms with van der Waals surface area (Å²) >= 11 is 0. The number of aryl methyl sites for hydroxylation is 1. The number of hydrogen-bond donors (Lipinski definition) is 0. The highest BCUT2D eigenvalue weighted by Gasteiger charge is 2.26. The Hall–Kier alpha value is -2.30. The quantitative estimate of drug-likeness (QED) is 0.813. The number of anilines is 1. The maximum atomic E-state index is 12.2. The van der Waals surface area contributed by atoms with Crippen LogP contribution in [0.1, 0.15) is 20.8 Å². The fourth-order valence-corrected chi connectivity index (χ4v) is 2.39. The molecule has 22 heavy (non-hydrogen) atoms. The van der Waals surface area contributed by atoms with E-state index in [-0.39, 0.29) is 11.8 Å². The molecule has 2 aromatic rings. The monoisotopic (exact) mass is 301 g/mol. The number of hydrogen-bond acceptors (Lipinski definition) is 3. The van der Waals surface area contributed by atoms with Crippen molar-refractivity contribution in [1.82, 2.24) is 9.78 Å². The molecule has 1 aromatic carbocycles. The van der Waals surface area contributed by atoms with Crippen LogP contribution in [-0.2, 0) is 11.8 Å². The molecule has 0 bridgehead atoms. The Bertz CT molecular complexity index is 664. The van der Waals surface area contributed by atoms with Crippen molar-refractivity contribution in [3.8, 4) is 16.9 Å². The van der Waals surface area contributed by atoms with Gasteiger partial charge in [0.05, 0.1) is 24.4 Å². The van der Waals surface area contributed by atoms with Crippen LogP contribution in [0.2, 0.25) is 0 Å². The molecule has 0 spiro atoms. The minimum Gasteiger partial charge on any atom is -0.491 e. The Morgan fingerprint density at radius 3 is 2.59 bits per heavy atom. The number of amides is 1. The maximum absolute atomic E-state index is 12.2. The van der Waals surface area contributed by atoms with E-state index in [4.69, 9.17) is 4.74 Å². The lowest BCUT2D eigenvalue weighted by Crippen LogP contribution is -2.31. The minimum absolute atomic E-state index is 0.0760. The van der Waals surface area contributed by atoms with E-state index in [1.54, 1.807) is 16.6 Å². The maximum Gasteiger partial charge on any atom is 0.233 e. The number of carbonyl (C=O) groups excluding carboxylic acids is 1. The summed E-state index contributed by atoms with van der Waals surface area (Å²) in [4.78, 5) is 13.9. The van der Waals surface area contributed by atoms with Gasteiger partial charge in [-0.3, -0.25) is 9.48 Å². The molecule has 1 amide bonds. The Kier molecular flexibility index (Phi) is 4.85. The minimum atomic E-state index is -0.130. The summed E-state index contributed by atoms with van der Waals surface area (Å²) in [6.45, 7) is 6.30. The summed E-state index contributed by atoms with van der Waals surface area (Å²) in [5.74, 6) is 0.694. The van der Waals surface area contributed by atoms with Crippen molar-refractivity contribution in [3.05, 3.63) is 30.6 Å². The van der Waals surface area contributed by atoms with Crippen LogP contribution in [-0.4, -0.2) is 29.3 Å². The molecule has 2 heterocycles. The van der Waals surface area contributed by atoms with Crippen LogP contribution in [0.25, 0.3) is 11.1 Å². The molecule has 0 saturated carbocycles. The fourth-order valence-electron chi connectivity index (χ4n) is 2.39. The summed E-state index contributed by atoms with van der Waals surface area (Å²) in [6, 6.07) is 5.88.